The molecule has 2 heterocycles. The molecule has 1 aromatic carbocycles. The van der Waals surface area contributed by atoms with Crippen molar-refractivity contribution in [1.82, 2.24) is 10.2 Å². The Balaban J connectivity index is 1.50. The molecule has 3 rings (SSSR count). The Morgan fingerprint density at radius 1 is 1.43 bits per heavy atom. The first-order valence-electron chi connectivity index (χ1n) is 8.53. The Morgan fingerprint density at radius 3 is 3.04 bits per heavy atom. The van der Waals surface area contributed by atoms with Crippen LogP contribution in [-0.2, 0) is 24.1 Å². The van der Waals surface area contributed by atoms with Gasteiger partial charge in [0.1, 0.15) is 0 Å². The van der Waals surface area contributed by atoms with Crippen LogP contribution in [0.2, 0.25) is 0 Å². The zero-order valence-electron chi connectivity index (χ0n) is 13.8. The molecule has 0 radical (unpaired) electrons. The second kappa shape index (κ2) is 6.89. The van der Waals surface area contributed by atoms with Gasteiger partial charge in [-0.1, -0.05) is 25.1 Å². The van der Waals surface area contributed by atoms with Crippen molar-refractivity contribution >= 4 is 6.03 Å². The predicted molar refractivity (Wildman–Crippen MR) is 88.3 cm³/mol. The first-order chi connectivity index (χ1) is 11.1. The van der Waals surface area contributed by atoms with Gasteiger partial charge < -0.3 is 20.1 Å². The van der Waals surface area contributed by atoms with Crippen LogP contribution in [0.1, 0.15) is 36.5 Å². The third kappa shape index (κ3) is 3.85. The van der Waals surface area contributed by atoms with Crippen molar-refractivity contribution in [1.29, 1.82) is 0 Å². The number of hydrogen-bond donors (Lipinski definition) is 2. The molecule has 2 amide bonds. The average molecular weight is 318 g/mol. The quantitative estimate of drug-likeness (QED) is 0.891. The van der Waals surface area contributed by atoms with E-state index in [1.807, 2.05) is 4.90 Å². The lowest BCUT2D eigenvalue weighted by molar-refractivity contribution is 0.0199. The first kappa shape index (κ1) is 16.3. The monoisotopic (exact) mass is 318 g/mol. The molecule has 0 aromatic heterocycles. The molecule has 1 saturated heterocycles. The number of amides is 2. The predicted octanol–water partition coefficient (Wildman–Crippen LogP) is 1.86. The zero-order chi connectivity index (χ0) is 16.3. The van der Waals surface area contributed by atoms with E-state index in [0.29, 0.717) is 39.1 Å². The van der Waals surface area contributed by atoms with Crippen LogP contribution in [0.15, 0.2) is 18.2 Å². The summed E-state index contributed by atoms with van der Waals surface area (Å²) in [6.07, 6.45) is 3.15. The van der Waals surface area contributed by atoms with Crippen molar-refractivity contribution in [2.75, 3.05) is 26.3 Å². The van der Waals surface area contributed by atoms with E-state index >= 15 is 0 Å². The highest BCUT2D eigenvalue weighted by atomic mass is 16.5. The normalized spacial score (nSPS) is 23.7. The van der Waals surface area contributed by atoms with Crippen molar-refractivity contribution in [2.45, 2.75) is 44.8 Å². The second-order valence-corrected chi connectivity index (χ2v) is 6.64. The summed E-state index contributed by atoms with van der Waals surface area (Å²) in [6.45, 7) is 5.04. The van der Waals surface area contributed by atoms with Crippen molar-refractivity contribution in [3.05, 3.63) is 34.9 Å². The van der Waals surface area contributed by atoms with Gasteiger partial charge >= 0.3 is 6.03 Å². The molecule has 5 heteroatoms. The Kier molecular flexibility index (Phi) is 4.87. The molecule has 126 valence electrons. The maximum Gasteiger partial charge on any atom is 0.317 e. The number of nitrogens with one attached hydrogen (secondary N) is 1. The van der Waals surface area contributed by atoms with E-state index in [0.717, 1.165) is 19.4 Å². The van der Waals surface area contributed by atoms with Crippen molar-refractivity contribution in [3.63, 3.8) is 0 Å². The SMILES string of the molecule is CCc1ccc2c(c1)CCN(C(=O)NCCC1(O)CCOC1)C2. The minimum Gasteiger partial charge on any atom is -0.387 e. The lowest BCUT2D eigenvalue weighted by Crippen LogP contribution is -2.44. The molecular formula is C18H26N2O3. The van der Waals surface area contributed by atoms with Gasteiger partial charge in [0.15, 0.2) is 0 Å². The van der Waals surface area contributed by atoms with Crippen molar-refractivity contribution < 1.29 is 14.6 Å². The van der Waals surface area contributed by atoms with Gasteiger partial charge in [-0.2, -0.15) is 0 Å². The van der Waals surface area contributed by atoms with E-state index in [9.17, 15) is 9.90 Å². The van der Waals surface area contributed by atoms with Gasteiger partial charge in [0.05, 0.1) is 12.2 Å². The molecule has 5 nitrogen and oxygen atoms in total. The van der Waals surface area contributed by atoms with Gasteiger partial charge in [0.25, 0.3) is 0 Å². The van der Waals surface area contributed by atoms with E-state index in [1.165, 1.54) is 16.7 Å². The molecular weight excluding hydrogens is 292 g/mol. The first-order valence-corrected chi connectivity index (χ1v) is 8.53. The molecule has 2 N–H and O–H groups in total. The number of carbonyl (C=O) groups excluding carboxylic acids is 1. The van der Waals surface area contributed by atoms with Crippen LogP contribution in [0, 0.1) is 0 Å². The molecule has 0 aliphatic carbocycles. The van der Waals surface area contributed by atoms with Crippen LogP contribution in [-0.4, -0.2) is 47.9 Å². The summed E-state index contributed by atoms with van der Waals surface area (Å²) in [5, 5.41) is 13.1. The number of aryl methyl sites for hydroxylation is 1. The third-order valence-corrected chi connectivity index (χ3v) is 4.93. The maximum atomic E-state index is 12.3. The highest BCUT2D eigenvalue weighted by Gasteiger charge is 2.32. The summed E-state index contributed by atoms with van der Waals surface area (Å²) in [7, 11) is 0. The van der Waals surface area contributed by atoms with Gasteiger partial charge in [0, 0.05) is 32.7 Å². The highest BCUT2D eigenvalue weighted by Crippen LogP contribution is 2.22. The van der Waals surface area contributed by atoms with Crippen molar-refractivity contribution in [3.8, 4) is 0 Å². The van der Waals surface area contributed by atoms with Crippen LogP contribution in [0.25, 0.3) is 0 Å². The molecule has 1 atom stereocenters. The van der Waals surface area contributed by atoms with Gasteiger partial charge in [-0.3, -0.25) is 0 Å². The Labute approximate surface area is 137 Å². The Hall–Kier alpha value is -1.59. The molecule has 1 fully saturated rings. The topological polar surface area (TPSA) is 61.8 Å². The van der Waals surface area contributed by atoms with Crippen LogP contribution in [0.3, 0.4) is 0 Å². The van der Waals surface area contributed by atoms with Crippen LogP contribution >= 0.6 is 0 Å². The van der Waals surface area contributed by atoms with E-state index in [4.69, 9.17) is 4.74 Å². The minimum atomic E-state index is -0.766. The Bertz CT molecular complexity index is 567. The fourth-order valence-corrected chi connectivity index (χ4v) is 3.31. The summed E-state index contributed by atoms with van der Waals surface area (Å²) in [6, 6.07) is 6.51. The summed E-state index contributed by atoms with van der Waals surface area (Å²) in [5.41, 5.74) is 3.20. The average Bonchev–Trinajstić information content (AvgIpc) is 3.00. The molecule has 1 aromatic rings. The van der Waals surface area contributed by atoms with Crippen LogP contribution < -0.4 is 5.32 Å². The number of fused-ring (bicyclic) bond motifs is 1. The number of nitrogens with zero attached hydrogens (tertiary/aromatic N) is 1. The van der Waals surface area contributed by atoms with Crippen LogP contribution in [0.4, 0.5) is 4.79 Å². The molecule has 2 aliphatic rings. The summed E-state index contributed by atoms with van der Waals surface area (Å²) < 4.78 is 5.22. The number of carbonyl (C=O) groups is 1. The molecule has 1 unspecified atom stereocenters. The summed E-state index contributed by atoms with van der Waals surface area (Å²) in [4.78, 5) is 14.2. The Morgan fingerprint density at radius 2 is 2.30 bits per heavy atom. The van der Waals surface area contributed by atoms with E-state index < -0.39 is 5.60 Å². The van der Waals surface area contributed by atoms with Crippen molar-refractivity contribution in [2.24, 2.45) is 0 Å². The molecule has 2 aliphatic heterocycles. The van der Waals surface area contributed by atoms with Gasteiger partial charge in [0.2, 0.25) is 0 Å². The molecule has 0 saturated carbocycles. The van der Waals surface area contributed by atoms with Gasteiger partial charge in [-0.15, -0.1) is 0 Å². The zero-order valence-corrected chi connectivity index (χ0v) is 13.8. The minimum absolute atomic E-state index is 0.0438. The van der Waals surface area contributed by atoms with E-state index in [-0.39, 0.29) is 6.03 Å². The number of rotatable bonds is 4. The fourth-order valence-electron chi connectivity index (χ4n) is 3.31. The number of benzene rings is 1. The third-order valence-electron chi connectivity index (χ3n) is 4.93. The lowest BCUT2D eigenvalue weighted by atomic mass is 9.96. The molecule has 23 heavy (non-hydrogen) atoms. The lowest BCUT2D eigenvalue weighted by Gasteiger charge is -2.30. The summed E-state index contributed by atoms with van der Waals surface area (Å²) >= 11 is 0. The molecule has 0 spiro atoms. The smallest absolute Gasteiger partial charge is 0.317 e. The largest absolute Gasteiger partial charge is 0.387 e. The van der Waals surface area contributed by atoms with E-state index in [2.05, 4.69) is 30.4 Å². The number of aliphatic hydroxyl groups is 1. The molecule has 0 bridgehead atoms. The number of urea groups is 1. The van der Waals surface area contributed by atoms with Crippen LogP contribution in [0.5, 0.6) is 0 Å². The fraction of sp³-hybridized carbons (Fsp3) is 0.611. The van der Waals surface area contributed by atoms with Gasteiger partial charge in [-0.05, 0) is 36.0 Å². The van der Waals surface area contributed by atoms with E-state index in [1.54, 1.807) is 0 Å². The summed E-state index contributed by atoms with van der Waals surface area (Å²) in [5.74, 6) is 0. The van der Waals surface area contributed by atoms with Gasteiger partial charge in [-0.25, -0.2) is 4.79 Å². The standard InChI is InChI=1S/C18H26N2O3/c1-2-14-3-4-16-12-20(9-5-15(16)11-14)17(21)19-8-6-18(22)7-10-23-13-18/h3-4,11,22H,2,5-10,12-13H2,1H3,(H,19,21). The number of hydrogen-bond acceptors (Lipinski definition) is 3. The number of ether oxygens (including phenoxy) is 1. The maximum absolute atomic E-state index is 12.3. The second-order valence-electron chi connectivity index (χ2n) is 6.64. The highest BCUT2D eigenvalue weighted by molar-refractivity contribution is 5.74.